The number of fused-ring (bicyclic) bond motifs is 1. The van der Waals surface area contributed by atoms with Gasteiger partial charge in [-0.15, -0.1) is 0 Å². The van der Waals surface area contributed by atoms with Crippen LogP contribution in [0.25, 0.3) is 33.9 Å². The number of nitrogens with zero attached hydrogens (tertiary/aromatic N) is 6. The highest BCUT2D eigenvalue weighted by molar-refractivity contribution is 6.08. The van der Waals surface area contributed by atoms with E-state index in [1.54, 1.807) is 23.7 Å². The molecule has 2 aromatic carbocycles. The van der Waals surface area contributed by atoms with E-state index in [0.29, 0.717) is 35.4 Å². The number of aliphatic hydroxyl groups excluding tert-OH is 1. The van der Waals surface area contributed by atoms with Crippen molar-refractivity contribution < 1.29 is 23.1 Å². The number of aryl methyl sites for hydroxylation is 1. The Morgan fingerprint density at radius 1 is 1.02 bits per heavy atom. The van der Waals surface area contributed by atoms with Crippen LogP contribution in [0.15, 0.2) is 60.9 Å². The normalized spacial score (nSPS) is 16.8. The maximum absolute atomic E-state index is 14.7. The molecule has 1 aliphatic rings. The molecule has 10 nitrogen and oxygen atoms in total. The topological polar surface area (TPSA) is 135 Å². The summed E-state index contributed by atoms with van der Waals surface area (Å²) in [6.07, 6.45) is 3.20. The number of imidazole rings is 1. The molecule has 1 fully saturated rings. The van der Waals surface area contributed by atoms with E-state index in [-0.39, 0.29) is 41.7 Å². The minimum Gasteiger partial charge on any atom is -0.394 e. The third-order valence-electron chi connectivity index (χ3n) is 7.26. The summed E-state index contributed by atoms with van der Waals surface area (Å²) in [4.78, 5) is 32.3. The first kappa shape index (κ1) is 27.3. The summed E-state index contributed by atoms with van der Waals surface area (Å²) >= 11 is 0. The predicted molar refractivity (Wildman–Crippen MR) is 150 cm³/mol. The van der Waals surface area contributed by atoms with Crippen molar-refractivity contribution in [3.05, 3.63) is 84.1 Å². The van der Waals surface area contributed by atoms with Gasteiger partial charge in [0.05, 0.1) is 35.1 Å². The van der Waals surface area contributed by atoms with Gasteiger partial charge in [0.25, 0.3) is 5.91 Å². The zero-order valence-electron chi connectivity index (χ0n) is 22.3. The molecule has 0 aliphatic carbocycles. The van der Waals surface area contributed by atoms with Gasteiger partial charge < -0.3 is 25.6 Å². The summed E-state index contributed by atoms with van der Waals surface area (Å²) < 4.78 is 45.2. The molecular weight excluding hydrogens is 549 g/mol. The number of hydrogen-bond donors (Lipinski definition) is 3. The number of anilines is 2. The number of nitrogens with two attached hydrogens (primary N) is 1. The molecule has 0 spiro atoms. The fourth-order valence-corrected chi connectivity index (χ4v) is 5.30. The average Bonchev–Trinajstić information content (AvgIpc) is 3.52. The summed E-state index contributed by atoms with van der Waals surface area (Å²) in [5, 5.41) is 13.0. The molecule has 4 heterocycles. The zero-order valence-corrected chi connectivity index (χ0v) is 22.3. The van der Waals surface area contributed by atoms with Gasteiger partial charge in [-0.1, -0.05) is 6.07 Å². The number of rotatable bonds is 6. The van der Waals surface area contributed by atoms with Crippen molar-refractivity contribution in [2.75, 3.05) is 23.4 Å². The number of aliphatic hydroxyl groups is 1. The Morgan fingerprint density at radius 3 is 2.52 bits per heavy atom. The molecule has 4 N–H and O–H groups in total. The van der Waals surface area contributed by atoms with Crippen molar-refractivity contribution >= 4 is 28.3 Å². The van der Waals surface area contributed by atoms with Gasteiger partial charge in [-0.25, -0.2) is 33.1 Å². The third-order valence-corrected chi connectivity index (χ3v) is 7.26. The van der Waals surface area contributed by atoms with Crippen LogP contribution in [0.5, 0.6) is 0 Å². The Kier molecular flexibility index (Phi) is 7.04. The number of benzene rings is 2. The lowest BCUT2D eigenvalue weighted by Gasteiger charge is -2.28. The number of aromatic nitrogens is 5. The quantitative estimate of drug-likeness (QED) is 0.280. The lowest BCUT2D eigenvalue weighted by molar-refractivity contribution is 0.102. The van der Waals surface area contributed by atoms with Crippen molar-refractivity contribution in [3.63, 3.8) is 0 Å². The average molecular weight is 575 g/mol. The summed E-state index contributed by atoms with van der Waals surface area (Å²) in [5.74, 6) is -2.97. The Hall–Kier alpha value is -4.88. The largest absolute Gasteiger partial charge is 0.394 e. The monoisotopic (exact) mass is 574 g/mol. The molecule has 6 rings (SSSR count). The first-order valence-electron chi connectivity index (χ1n) is 13.1. The molecule has 1 aliphatic heterocycles. The minimum atomic E-state index is -0.865. The van der Waals surface area contributed by atoms with Crippen LogP contribution in [0.1, 0.15) is 16.9 Å². The van der Waals surface area contributed by atoms with E-state index < -0.39 is 28.9 Å². The van der Waals surface area contributed by atoms with Crippen molar-refractivity contribution in [1.82, 2.24) is 24.5 Å². The molecule has 2 atom stereocenters. The molecule has 42 heavy (non-hydrogen) atoms. The zero-order chi connectivity index (χ0) is 29.5. The van der Waals surface area contributed by atoms with E-state index in [0.717, 1.165) is 12.1 Å². The van der Waals surface area contributed by atoms with E-state index in [1.165, 1.54) is 36.7 Å². The third kappa shape index (κ3) is 4.72. The van der Waals surface area contributed by atoms with Gasteiger partial charge in [0.2, 0.25) is 0 Å². The SMILES string of the molecule is Cn1c(-c2ncccc2F)nc2c(N3C[C@H](N)C[C@H]3CO)c(NC(=O)c3ccnc(-c4c(F)cccc4F)n3)ccc21. The molecule has 5 aromatic rings. The van der Waals surface area contributed by atoms with E-state index in [2.05, 4.69) is 20.3 Å². The van der Waals surface area contributed by atoms with Crippen LogP contribution in [0, 0.1) is 17.5 Å². The van der Waals surface area contributed by atoms with Crippen molar-refractivity contribution in [2.24, 2.45) is 12.8 Å². The van der Waals surface area contributed by atoms with Crippen LogP contribution in [0.2, 0.25) is 0 Å². The maximum atomic E-state index is 14.7. The number of hydrogen-bond acceptors (Lipinski definition) is 8. The molecule has 3 aromatic heterocycles. The number of nitrogens with one attached hydrogen (secondary N) is 1. The van der Waals surface area contributed by atoms with E-state index in [9.17, 15) is 23.1 Å². The van der Waals surface area contributed by atoms with E-state index in [1.807, 2.05) is 4.90 Å². The molecule has 0 bridgehead atoms. The molecule has 0 radical (unpaired) electrons. The first-order valence-corrected chi connectivity index (χ1v) is 13.1. The van der Waals surface area contributed by atoms with Crippen LogP contribution in [0.3, 0.4) is 0 Å². The van der Waals surface area contributed by atoms with E-state index >= 15 is 0 Å². The van der Waals surface area contributed by atoms with Gasteiger partial charge in [0, 0.05) is 32.0 Å². The van der Waals surface area contributed by atoms with Gasteiger partial charge in [-0.05, 0) is 48.9 Å². The van der Waals surface area contributed by atoms with Gasteiger partial charge in [0.15, 0.2) is 17.5 Å². The Morgan fingerprint density at radius 2 is 1.79 bits per heavy atom. The number of halogens is 3. The molecule has 13 heteroatoms. The molecule has 214 valence electrons. The highest BCUT2D eigenvalue weighted by Gasteiger charge is 2.34. The molecule has 0 saturated carbocycles. The van der Waals surface area contributed by atoms with Crippen LogP contribution < -0.4 is 16.0 Å². The van der Waals surface area contributed by atoms with Crippen LogP contribution in [-0.2, 0) is 7.05 Å². The number of carbonyl (C=O) groups excluding carboxylic acids is 1. The fourth-order valence-electron chi connectivity index (χ4n) is 5.30. The van der Waals surface area contributed by atoms with Gasteiger partial charge in [-0.3, -0.25) is 4.79 Å². The predicted octanol–water partition coefficient (Wildman–Crippen LogP) is 3.66. The minimum absolute atomic E-state index is 0.0541. The fraction of sp³-hybridized carbons (Fsp3) is 0.207. The molecule has 1 amide bonds. The number of pyridine rings is 1. The molecule has 1 saturated heterocycles. The van der Waals surface area contributed by atoms with Crippen molar-refractivity contribution in [1.29, 1.82) is 0 Å². The summed E-state index contributed by atoms with van der Waals surface area (Å²) in [6.45, 7) is 0.163. The van der Waals surface area contributed by atoms with Gasteiger partial charge >= 0.3 is 0 Å². The van der Waals surface area contributed by atoms with E-state index in [4.69, 9.17) is 10.7 Å². The lowest BCUT2D eigenvalue weighted by Crippen LogP contribution is -2.34. The van der Waals surface area contributed by atoms with Gasteiger partial charge in [-0.2, -0.15) is 0 Å². The maximum Gasteiger partial charge on any atom is 0.274 e. The highest BCUT2D eigenvalue weighted by Crippen LogP contribution is 2.40. The van der Waals surface area contributed by atoms with Crippen molar-refractivity contribution in [3.8, 4) is 22.9 Å². The molecule has 0 unspecified atom stereocenters. The second-order valence-electron chi connectivity index (χ2n) is 9.96. The Bertz CT molecular complexity index is 1810. The Balaban J connectivity index is 1.46. The van der Waals surface area contributed by atoms with Crippen LogP contribution >= 0.6 is 0 Å². The summed E-state index contributed by atoms with van der Waals surface area (Å²) in [7, 11) is 1.73. The second kappa shape index (κ2) is 10.8. The summed E-state index contributed by atoms with van der Waals surface area (Å²) in [5.41, 5.74) is 7.57. The first-order chi connectivity index (χ1) is 20.3. The lowest BCUT2D eigenvalue weighted by atomic mass is 10.1. The second-order valence-corrected chi connectivity index (χ2v) is 9.96. The standard InChI is InChI=1S/C29H25F3N8O2/c1-39-22-8-7-20(37-29(42)21-9-11-35-27(36-21)23-17(30)4-2-5-18(23)31)26(40-13-15(33)12-16(40)14-41)25(22)38-28(39)24-19(32)6-3-10-34-24/h2-11,15-16,41H,12-14,33H2,1H3,(H,37,42)/t15-,16+/m1/s1. The van der Waals surface area contributed by atoms with Crippen molar-refractivity contribution in [2.45, 2.75) is 18.5 Å². The van der Waals surface area contributed by atoms with Gasteiger partial charge in [0.1, 0.15) is 28.5 Å². The molecular formula is C29H25F3N8O2. The number of amides is 1. The number of carbonyl (C=O) groups is 1. The Labute approximate surface area is 237 Å². The van der Waals surface area contributed by atoms with Crippen LogP contribution in [-0.4, -0.2) is 60.8 Å². The highest BCUT2D eigenvalue weighted by atomic mass is 19.1. The van der Waals surface area contributed by atoms with Crippen LogP contribution in [0.4, 0.5) is 24.5 Å². The summed E-state index contributed by atoms with van der Waals surface area (Å²) in [6, 6.07) is 10.2. The smallest absolute Gasteiger partial charge is 0.274 e.